The normalized spacial score (nSPS) is 12.4. The predicted molar refractivity (Wildman–Crippen MR) is 235 cm³/mol. The third kappa shape index (κ3) is 6.01. The molecule has 2 nitrogen and oxygen atoms in total. The molecular formula is C48H40N2S3. The van der Waals surface area contributed by atoms with Gasteiger partial charge < -0.3 is 0 Å². The van der Waals surface area contributed by atoms with E-state index in [-0.39, 0.29) is 0 Å². The highest BCUT2D eigenvalue weighted by Gasteiger charge is 2.17. The van der Waals surface area contributed by atoms with Crippen molar-refractivity contribution in [3.05, 3.63) is 138 Å². The Morgan fingerprint density at radius 3 is 1.75 bits per heavy atom. The molecule has 0 amide bonds. The molecule has 1 unspecified atom stereocenters. The maximum absolute atomic E-state index is 4.99. The molecule has 5 heterocycles. The van der Waals surface area contributed by atoms with Crippen LogP contribution in [0.2, 0.25) is 0 Å². The SMILES string of the molecule is C=C(C)c1ccc(-c2sc(-c3cc(C)c(-c4ccc(-c5ccc6c(ccc7c8ccc9cc(C(C)CCC)ccc9c8sc67)c5)nc4)s3)cc2C)cn1. The van der Waals surface area contributed by atoms with Crippen molar-refractivity contribution in [2.45, 2.75) is 53.4 Å². The van der Waals surface area contributed by atoms with Crippen LogP contribution in [0.3, 0.4) is 0 Å². The Morgan fingerprint density at radius 2 is 1.19 bits per heavy atom. The molecular weight excluding hydrogens is 701 g/mol. The number of benzene rings is 4. The van der Waals surface area contributed by atoms with Crippen molar-refractivity contribution in [1.82, 2.24) is 9.97 Å². The highest BCUT2D eigenvalue weighted by atomic mass is 32.1. The fraction of sp³-hybridized carbons (Fsp3) is 0.167. The number of pyridine rings is 2. The molecule has 5 aromatic heterocycles. The molecule has 0 aliphatic rings. The lowest BCUT2D eigenvalue weighted by Crippen LogP contribution is -1.92. The van der Waals surface area contributed by atoms with Crippen molar-refractivity contribution in [1.29, 1.82) is 0 Å². The molecule has 0 aliphatic heterocycles. The highest BCUT2D eigenvalue weighted by molar-refractivity contribution is 7.27. The fourth-order valence-electron chi connectivity index (χ4n) is 7.69. The number of thiophene rings is 3. The zero-order chi connectivity index (χ0) is 36.4. The second kappa shape index (κ2) is 13.5. The Morgan fingerprint density at radius 1 is 0.623 bits per heavy atom. The molecule has 9 aromatic rings. The van der Waals surface area contributed by atoms with E-state index in [2.05, 4.69) is 136 Å². The Balaban J connectivity index is 0.997. The number of nitrogens with zero attached hydrogens (tertiary/aromatic N) is 2. The molecule has 0 bridgehead atoms. The van der Waals surface area contributed by atoms with Crippen molar-refractivity contribution < 1.29 is 0 Å². The van der Waals surface area contributed by atoms with Crippen LogP contribution in [0.1, 0.15) is 61.9 Å². The van der Waals surface area contributed by atoms with Crippen molar-refractivity contribution in [3.8, 4) is 41.9 Å². The van der Waals surface area contributed by atoms with Gasteiger partial charge in [-0.15, -0.1) is 34.0 Å². The topological polar surface area (TPSA) is 25.8 Å². The van der Waals surface area contributed by atoms with Gasteiger partial charge in [-0.2, -0.15) is 0 Å². The molecule has 1 atom stereocenters. The van der Waals surface area contributed by atoms with Gasteiger partial charge in [0.1, 0.15) is 0 Å². The summed E-state index contributed by atoms with van der Waals surface area (Å²) < 4.78 is 2.74. The zero-order valence-electron chi connectivity index (χ0n) is 30.7. The quantitative estimate of drug-likeness (QED) is 0.155. The third-order valence-corrected chi connectivity index (χ3v) is 14.7. The number of rotatable bonds is 8. The van der Waals surface area contributed by atoms with Gasteiger partial charge in [-0.25, -0.2) is 0 Å². The van der Waals surface area contributed by atoms with Gasteiger partial charge in [0.15, 0.2) is 0 Å². The van der Waals surface area contributed by atoms with Gasteiger partial charge in [-0.1, -0.05) is 81.4 Å². The van der Waals surface area contributed by atoms with Gasteiger partial charge in [0, 0.05) is 68.8 Å². The first-order chi connectivity index (χ1) is 25.7. The van der Waals surface area contributed by atoms with E-state index in [1.54, 1.807) is 0 Å². The molecule has 260 valence electrons. The number of allylic oxidation sites excluding steroid dienone is 1. The maximum atomic E-state index is 4.99. The molecule has 0 radical (unpaired) electrons. The van der Waals surface area contributed by atoms with Crippen LogP contribution in [0, 0.1) is 13.8 Å². The van der Waals surface area contributed by atoms with Crippen molar-refractivity contribution in [2.75, 3.05) is 0 Å². The number of hydrogen-bond acceptors (Lipinski definition) is 5. The van der Waals surface area contributed by atoms with E-state index in [4.69, 9.17) is 4.98 Å². The molecule has 9 rings (SSSR count). The summed E-state index contributed by atoms with van der Waals surface area (Å²) in [6.45, 7) is 15.0. The highest BCUT2D eigenvalue weighted by Crippen LogP contribution is 2.45. The van der Waals surface area contributed by atoms with Crippen LogP contribution >= 0.6 is 34.0 Å². The molecule has 0 N–H and O–H groups in total. The Hall–Kier alpha value is -4.94. The Labute approximate surface area is 323 Å². The summed E-state index contributed by atoms with van der Waals surface area (Å²) >= 11 is 5.61. The number of aryl methyl sites for hydroxylation is 2. The lowest BCUT2D eigenvalue weighted by atomic mass is 9.94. The van der Waals surface area contributed by atoms with Gasteiger partial charge in [0.2, 0.25) is 0 Å². The Kier molecular flexibility index (Phi) is 8.61. The largest absolute Gasteiger partial charge is 0.256 e. The number of aromatic nitrogens is 2. The summed E-state index contributed by atoms with van der Waals surface area (Å²) in [5.41, 5.74) is 10.3. The van der Waals surface area contributed by atoms with E-state index < -0.39 is 0 Å². The second-order valence-corrected chi connectivity index (χ2v) is 17.6. The lowest BCUT2D eigenvalue weighted by Gasteiger charge is -2.11. The van der Waals surface area contributed by atoms with E-state index in [0.717, 1.165) is 33.7 Å². The van der Waals surface area contributed by atoms with Crippen LogP contribution < -0.4 is 0 Å². The first kappa shape index (κ1) is 33.9. The van der Waals surface area contributed by atoms with E-state index in [9.17, 15) is 0 Å². The van der Waals surface area contributed by atoms with Crippen LogP contribution in [-0.4, -0.2) is 9.97 Å². The molecule has 53 heavy (non-hydrogen) atoms. The van der Waals surface area contributed by atoms with Crippen LogP contribution in [0.4, 0.5) is 0 Å². The molecule has 0 aliphatic carbocycles. The molecule has 0 saturated heterocycles. The minimum atomic E-state index is 0.587. The summed E-state index contributed by atoms with van der Waals surface area (Å²) in [5, 5.41) is 7.94. The minimum Gasteiger partial charge on any atom is -0.256 e. The predicted octanol–water partition coefficient (Wildman–Crippen LogP) is 15.5. The zero-order valence-corrected chi connectivity index (χ0v) is 33.2. The summed E-state index contributed by atoms with van der Waals surface area (Å²) in [5.74, 6) is 0.587. The van der Waals surface area contributed by atoms with Gasteiger partial charge in [-0.3, -0.25) is 9.97 Å². The van der Waals surface area contributed by atoms with Crippen molar-refractivity contribution >= 4 is 81.3 Å². The fourth-order valence-corrected chi connectivity index (χ4v) is 11.5. The maximum Gasteiger partial charge on any atom is 0.0702 e. The van der Waals surface area contributed by atoms with E-state index >= 15 is 0 Å². The van der Waals surface area contributed by atoms with Crippen LogP contribution in [0.5, 0.6) is 0 Å². The number of fused-ring (bicyclic) bond motifs is 7. The lowest BCUT2D eigenvalue weighted by molar-refractivity contribution is 0.665. The summed E-state index contributed by atoms with van der Waals surface area (Å²) in [6.07, 6.45) is 6.44. The van der Waals surface area contributed by atoms with Crippen LogP contribution in [0.15, 0.2) is 116 Å². The first-order valence-corrected chi connectivity index (χ1v) is 20.8. The standard InChI is InChI=1S/C48H40N2S3/c1-7-8-28(4)31-9-15-37-32(23-31)10-17-39-40-18-11-33-24-34(12-16-38(33)48(40)53-47(37)39)42-20-14-36(26-50-42)46-30(6)22-44(52-46)43-21-29(5)45(51-43)35-13-19-41(27(2)3)49-25-35/h9-26,28H,2,7-8H2,1,3-6H3. The first-order valence-electron chi connectivity index (χ1n) is 18.4. The summed E-state index contributed by atoms with van der Waals surface area (Å²) in [6, 6.07) is 36.4. The Bertz CT molecular complexity index is 2850. The van der Waals surface area contributed by atoms with Crippen LogP contribution in [-0.2, 0) is 0 Å². The molecule has 0 saturated carbocycles. The van der Waals surface area contributed by atoms with Crippen molar-refractivity contribution in [2.24, 2.45) is 0 Å². The van der Waals surface area contributed by atoms with E-state index in [0.29, 0.717) is 5.92 Å². The number of hydrogen-bond donors (Lipinski definition) is 0. The third-order valence-electron chi connectivity index (χ3n) is 10.6. The van der Waals surface area contributed by atoms with E-state index in [1.807, 2.05) is 53.3 Å². The average Bonchev–Trinajstić information content (AvgIpc) is 3.89. The molecule has 5 heteroatoms. The van der Waals surface area contributed by atoms with Gasteiger partial charge in [-0.05, 0) is 119 Å². The minimum absolute atomic E-state index is 0.587. The second-order valence-electron chi connectivity index (χ2n) is 14.5. The monoisotopic (exact) mass is 740 g/mol. The van der Waals surface area contributed by atoms with E-state index in [1.165, 1.54) is 90.8 Å². The molecule has 0 spiro atoms. The summed E-state index contributed by atoms with van der Waals surface area (Å²) in [4.78, 5) is 14.7. The van der Waals surface area contributed by atoms with Gasteiger partial charge >= 0.3 is 0 Å². The average molecular weight is 741 g/mol. The van der Waals surface area contributed by atoms with Gasteiger partial charge in [0.05, 0.1) is 11.4 Å². The summed E-state index contributed by atoms with van der Waals surface area (Å²) in [7, 11) is 0. The van der Waals surface area contributed by atoms with Crippen LogP contribution in [0.25, 0.3) is 89.2 Å². The molecule has 4 aromatic carbocycles. The van der Waals surface area contributed by atoms with Gasteiger partial charge in [0.25, 0.3) is 0 Å². The smallest absolute Gasteiger partial charge is 0.0702 e. The van der Waals surface area contributed by atoms with Crippen molar-refractivity contribution in [3.63, 3.8) is 0 Å². The molecule has 0 fully saturated rings.